The van der Waals surface area contributed by atoms with Crippen LogP contribution >= 0.6 is 0 Å². The van der Waals surface area contributed by atoms with E-state index < -0.39 is 34.6 Å². The third kappa shape index (κ3) is 6.34. The molecule has 7 nitrogen and oxygen atoms in total. The quantitative estimate of drug-likeness (QED) is 0.524. The predicted octanol–water partition coefficient (Wildman–Crippen LogP) is 1.39. The molecule has 0 bridgehead atoms. The van der Waals surface area contributed by atoms with Crippen molar-refractivity contribution in [1.29, 1.82) is 0 Å². The van der Waals surface area contributed by atoms with Crippen molar-refractivity contribution in [3.63, 3.8) is 0 Å². The summed E-state index contributed by atoms with van der Waals surface area (Å²) < 4.78 is 17.2. The Hall–Kier alpha value is -3.00. The van der Waals surface area contributed by atoms with Gasteiger partial charge in [0.15, 0.2) is 0 Å². The zero-order chi connectivity index (χ0) is 19.8. The molecule has 0 radical (unpaired) electrons. The highest BCUT2D eigenvalue weighted by molar-refractivity contribution is 7.85. The first kappa shape index (κ1) is 20.3. The summed E-state index contributed by atoms with van der Waals surface area (Å²) in [5.41, 5.74) is 5.64. The molecule has 2 aromatic rings. The Bertz CT molecular complexity index is 837. The van der Waals surface area contributed by atoms with Crippen LogP contribution in [-0.2, 0) is 20.4 Å². The van der Waals surface area contributed by atoms with Crippen molar-refractivity contribution in [2.45, 2.75) is 24.3 Å². The van der Waals surface area contributed by atoms with E-state index >= 15 is 0 Å². The number of esters is 1. The maximum absolute atomic E-state index is 12.3. The van der Waals surface area contributed by atoms with Crippen LogP contribution in [-0.4, -0.2) is 33.8 Å². The number of amides is 2. The van der Waals surface area contributed by atoms with Crippen LogP contribution in [0.1, 0.15) is 23.7 Å². The van der Waals surface area contributed by atoms with Crippen LogP contribution in [0.25, 0.3) is 0 Å². The van der Waals surface area contributed by atoms with Gasteiger partial charge in [-0.2, -0.15) is 0 Å². The van der Waals surface area contributed by atoms with Crippen molar-refractivity contribution in [3.05, 3.63) is 60.2 Å². The molecule has 27 heavy (non-hydrogen) atoms. The number of nitrogens with two attached hydrogens (primary N) is 1. The lowest BCUT2D eigenvalue weighted by Crippen LogP contribution is -2.45. The minimum atomic E-state index is -1.30. The molecule has 0 aromatic heterocycles. The van der Waals surface area contributed by atoms with E-state index in [4.69, 9.17) is 10.5 Å². The van der Waals surface area contributed by atoms with E-state index in [1.165, 1.54) is 31.2 Å². The molecular formula is C19H20N2O5S. The van der Waals surface area contributed by atoms with Crippen LogP contribution in [0.2, 0.25) is 0 Å². The van der Waals surface area contributed by atoms with Crippen molar-refractivity contribution >= 4 is 28.6 Å². The van der Waals surface area contributed by atoms with Crippen LogP contribution in [0.3, 0.4) is 0 Å². The minimum absolute atomic E-state index is 0.147. The van der Waals surface area contributed by atoms with Crippen molar-refractivity contribution in [1.82, 2.24) is 5.32 Å². The molecule has 0 unspecified atom stereocenters. The van der Waals surface area contributed by atoms with Gasteiger partial charge in [-0.3, -0.25) is 18.6 Å². The number of rotatable bonds is 8. The summed E-state index contributed by atoms with van der Waals surface area (Å²) in [6, 6.07) is 13.8. The Balaban J connectivity index is 1.96. The third-order valence-corrected chi connectivity index (χ3v) is 5.03. The number of carbonyl (C=O) groups is 3. The summed E-state index contributed by atoms with van der Waals surface area (Å²) in [6.45, 7) is 1.28. The molecule has 2 aromatic carbocycles. The minimum Gasteiger partial charge on any atom is -0.427 e. The molecule has 0 spiro atoms. The largest absolute Gasteiger partial charge is 0.427 e. The van der Waals surface area contributed by atoms with E-state index in [1.807, 2.05) is 6.07 Å². The molecule has 8 heteroatoms. The summed E-state index contributed by atoms with van der Waals surface area (Å²) in [4.78, 5) is 35.5. The molecule has 2 rings (SSSR count). The van der Waals surface area contributed by atoms with Gasteiger partial charge >= 0.3 is 5.97 Å². The van der Waals surface area contributed by atoms with Gasteiger partial charge in [-0.15, -0.1) is 0 Å². The fourth-order valence-electron chi connectivity index (χ4n) is 2.28. The van der Waals surface area contributed by atoms with Crippen LogP contribution in [0.15, 0.2) is 59.5 Å². The Labute approximate surface area is 159 Å². The maximum atomic E-state index is 12.3. The highest BCUT2D eigenvalue weighted by Crippen LogP contribution is 2.13. The molecule has 2 amide bonds. The molecule has 0 fully saturated rings. The van der Waals surface area contributed by atoms with Gasteiger partial charge in [-0.05, 0) is 42.8 Å². The zero-order valence-corrected chi connectivity index (χ0v) is 15.5. The fourth-order valence-corrected chi connectivity index (χ4v) is 3.43. The Kier molecular flexibility index (Phi) is 7.25. The molecule has 0 aliphatic carbocycles. The molecule has 0 heterocycles. The van der Waals surface area contributed by atoms with Gasteiger partial charge in [-0.25, -0.2) is 0 Å². The molecular weight excluding hydrogens is 368 g/mol. The van der Waals surface area contributed by atoms with Crippen LogP contribution in [0.4, 0.5) is 0 Å². The van der Waals surface area contributed by atoms with E-state index in [2.05, 4.69) is 5.32 Å². The molecule has 2 atom stereocenters. The van der Waals surface area contributed by atoms with Gasteiger partial charge < -0.3 is 15.8 Å². The second-order valence-electron chi connectivity index (χ2n) is 5.70. The van der Waals surface area contributed by atoms with Gasteiger partial charge in [0.1, 0.15) is 11.8 Å². The summed E-state index contributed by atoms with van der Waals surface area (Å²) in [5, 5.41) is 2.54. The molecule has 0 aliphatic rings. The molecule has 0 aliphatic heterocycles. The van der Waals surface area contributed by atoms with E-state index in [-0.39, 0.29) is 17.7 Å². The number of benzene rings is 2. The lowest BCUT2D eigenvalue weighted by atomic mass is 10.1. The van der Waals surface area contributed by atoms with Gasteiger partial charge in [0, 0.05) is 23.1 Å². The van der Waals surface area contributed by atoms with Crippen molar-refractivity contribution < 1.29 is 23.3 Å². The summed E-state index contributed by atoms with van der Waals surface area (Å²) in [7, 11) is -1.30. The lowest BCUT2D eigenvalue weighted by molar-refractivity contribution is -0.131. The van der Waals surface area contributed by atoms with Crippen LogP contribution in [0, 0.1) is 0 Å². The number of carbonyl (C=O) groups excluding carboxylic acids is 3. The standard InChI is InChI=1S/C19H20N2O5S/c1-13(22)26-15-9-7-14(8-10-15)19(24)21-17(18(20)23)11-12-27(25)16-5-3-2-4-6-16/h2-10,17H,11-12H2,1H3,(H2,20,23)(H,21,24)/t17-,27-/m1/s1. The lowest BCUT2D eigenvalue weighted by Gasteiger charge is -2.15. The Morgan fingerprint density at radius 3 is 2.26 bits per heavy atom. The highest BCUT2D eigenvalue weighted by atomic mass is 32.2. The van der Waals surface area contributed by atoms with Gasteiger partial charge in [0.05, 0.1) is 10.8 Å². The van der Waals surface area contributed by atoms with E-state index in [9.17, 15) is 18.6 Å². The number of ether oxygens (including phenoxy) is 1. The second-order valence-corrected chi connectivity index (χ2v) is 7.27. The Morgan fingerprint density at radius 1 is 1.07 bits per heavy atom. The first-order valence-corrected chi connectivity index (χ1v) is 9.51. The first-order chi connectivity index (χ1) is 12.9. The number of nitrogens with one attached hydrogen (secondary N) is 1. The SMILES string of the molecule is CC(=O)Oc1ccc(C(=O)N[C@H](CC[S@@](=O)c2ccccc2)C(N)=O)cc1. The zero-order valence-electron chi connectivity index (χ0n) is 14.7. The van der Waals surface area contributed by atoms with Crippen molar-refractivity contribution in [3.8, 4) is 5.75 Å². The van der Waals surface area contributed by atoms with Crippen molar-refractivity contribution in [2.75, 3.05) is 5.75 Å². The van der Waals surface area contributed by atoms with E-state index in [0.29, 0.717) is 10.6 Å². The molecule has 0 saturated heterocycles. The fraction of sp³-hybridized carbons (Fsp3) is 0.211. The molecule has 142 valence electrons. The smallest absolute Gasteiger partial charge is 0.308 e. The number of primary amides is 1. The summed E-state index contributed by atoms with van der Waals surface area (Å²) in [6.07, 6.45) is 0.147. The van der Waals surface area contributed by atoms with Crippen LogP contribution < -0.4 is 15.8 Å². The van der Waals surface area contributed by atoms with Gasteiger partial charge in [0.2, 0.25) is 5.91 Å². The maximum Gasteiger partial charge on any atom is 0.308 e. The monoisotopic (exact) mass is 388 g/mol. The van der Waals surface area contributed by atoms with Gasteiger partial charge in [-0.1, -0.05) is 18.2 Å². The second kappa shape index (κ2) is 9.63. The molecule has 0 saturated carbocycles. The summed E-state index contributed by atoms with van der Waals surface area (Å²) >= 11 is 0. The normalized spacial score (nSPS) is 12.6. The van der Waals surface area contributed by atoms with Gasteiger partial charge in [0.25, 0.3) is 5.91 Å². The first-order valence-electron chi connectivity index (χ1n) is 8.19. The van der Waals surface area contributed by atoms with Crippen molar-refractivity contribution in [2.24, 2.45) is 5.73 Å². The van der Waals surface area contributed by atoms with Crippen LogP contribution in [0.5, 0.6) is 5.75 Å². The topological polar surface area (TPSA) is 116 Å². The average molecular weight is 388 g/mol. The summed E-state index contributed by atoms with van der Waals surface area (Å²) in [5.74, 6) is -1.18. The van der Waals surface area contributed by atoms with E-state index in [0.717, 1.165) is 0 Å². The molecule has 3 N–H and O–H groups in total. The highest BCUT2D eigenvalue weighted by Gasteiger charge is 2.20. The number of hydrogen-bond acceptors (Lipinski definition) is 5. The number of hydrogen-bond donors (Lipinski definition) is 2. The van der Waals surface area contributed by atoms with E-state index in [1.54, 1.807) is 24.3 Å². The Morgan fingerprint density at radius 2 is 1.70 bits per heavy atom. The predicted molar refractivity (Wildman–Crippen MR) is 101 cm³/mol. The average Bonchev–Trinajstić information content (AvgIpc) is 2.65. The third-order valence-electron chi connectivity index (χ3n) is 3.62.